The van der Waals surface area contributed by atoms with Gasteiger partial charge < -0.3 is 10.2 Å². The number of halogens is 3. The van der Waals surface area contributed by atoms with E-state index in [1.165, 1.54) is 24.1 Å². The number of anilines is 1. The molecule has 0 saturated heterocycles. The van der Waals surface area contributed by atoms with E-state index < -0.39 is 40.2 Å². The maximum atomic E-state index is 13.8. The lowest BCUT2D eigenvalue weighted by molar-refractivity contribution is -0.139. The molecule has 1 unspecified atom stereocenters. The normalized spacial score (nSPS) is 12.0. The van der Waals surface area contributed by atoms with Gasteiger partial charge in [-0.15, -0.1) is 0 Å². The van der Waals surface area contributed by atoms with Crippen molar-refractivity contribution in [3.63, 3.8) is 0 Å². The number of nitrogens with zero attached hydrogens (tertiary/aromatic N) is 2. The molecule has 0 heterocycles. The predicted octanol–water partition coefficient (Wildman–Crippen LogP) is 4.28. The molecule has 1 N–H and O–H groups in total. The minimum absolute atomic E-state index is 0.0400. The maximum Gasteiger partial charge on any atom is 0.244 e. The number of sulfonamides is 1. The molecule has 11 heteroatoms. The van der Waals surface area contributed by atoms with Gasteiger partial charge in [0.2, 0.25) is 21.8 Å². The zero-order valence-corrected chi connectivity index (χ0v) is 22.5. The molecule has 196 valence electrons. The van der Waals surface area contributed by atoms with Gasteiger partial charge in [0.15, 0.2) is 0 Å². The third-order valence-corrected chi connectivity index (χ3v) is 7.53. The summed E-state index contributed by atoms with van der Waals surface area (Å²) in [6, 6.07) is 17.8. The van der Waals surface area contributed by atoms with Crippen LogP contribution in [-0.4, -0.2) is 51.0 Å². The second kappa shape index (κ2) is 12.4. The van der Waals surface area contributed by atoms with Crippen LogP contribution >= 0.6 is 23.2 Å². The molecule has 0 bridgehead atoms. The number of amides is 2. The third kappa shape index (κ3) is 7.67. The smallest absolute Gasteiger partial charge is 0.244 e. The van der Waals surface area contributed by atoms with E-state index in [0.29, 0.717) is 10.6 Å². The highest BCUT2D eigenvalue weighted by Crippen LogP contribution is 2.25. The second-order valence-electron chi connectivity index (χ2n) is 8.34. The van der Waals surface area contributed by atoms with Crippen molar-refractivity contribution in [2.75, 3.05) is 24.2 Å². The van der Waals surface area contributed by atoms with Crippen LogP contribution in [0.1, 0.15) is 11.1 Å². The molecule has 3 aromatic rings. The van der Waals surface area contributed by atoms with E-state index >= 15 is 0 Å². The lowest BCUT2D eigenvalue weighted by Crippen LogP contribution is -2.52. The highest BCUT2D eigenvalue weighted by molar-refractivity contribution is 7.92. The Kier molecular flexibility index (Phi) is 9.53. The molecule has 7 nitrogen and oxygen atoms in total. The average molecular weight is 566 g/mol. The minimum atomic E-state index is -3.93. The van der Waals surface area contributed by atoms with Crippen molar-refractivity contribution < 1.29 is 22.4 Å². The van der Waals surface area contributed by atoms with E-state index in [1.807, 2.05) is 30.3 Å². The van der Waals surface area contributed by atoms with Crippen molar-refractivity contribution in [1.82, 2.24) is 10.2 Å². The summed E-state index contributed by atoms with van der Waals surface area (Å²) in [5, 5.41) is 3.20. The van der Waals surface area contributed by atoms with E-state index in [2.05, 4.69) is 5.32 Å². The molecule has 37 heavy (non-hydrogen) atoms. The summed E-state index contributed by atoms with van der Waals surface area (Å²) in [5.74, 6) is -1.61. The molecule has 0 aromatic heterocycles. The molecular formula is C26H26Cl2FN3O4S. The predicted molar refractivity (Wildman–Crippen MR) is 144 cm³/mol. The van der Waals surface area contributed by atoms with Gasteiger partial charge in [-0.05, 0) is 47.5 Å². The van der Waals surface area contributed by atoms with Crippen LogP contribution < -0.4 is 9.62 Å². The number of hydrogen-bond acceptors (Lipinski definition) is 4. The highest BCUT2D eigenvalue weighted by Gasteiger charge is 2.32. The Balaban J connectivity index is 2.03. The van der Waals surface area contributed by atoms with E-state index in [4.69, 9.17) is 23.2 Å². The van der Waals surface area contributed by atoms with Crippen molar-refractivity contribution >= 4 is 50.7 Å². The second-order valence-corrected chi connectivity index (χ2v) is 11.1. The van der Waals surface area contributed by atoms with Crippen LogP contribution in [-0.2, 0) is 32.6 Å². The summed E-state index contributed by atoms with van der Waals surface area (Å²) in [6.45, 7) is -0.643. The summed E-state index contributed by atoms with van der Waals surface area (Å²) in [7, 11) is -2.47. The Hall–Kier alpha value is -3.14. The summed E-state index contributed by atoms with van der Waals surface area (Å²) in [4.78, 5) is 28.1. The summed E-state index contributed by atoms with van der Waals surface area (Å²) in [5.41, 5.74) is 1.52. The van der Waals surface area contributed by atoms with Crippen molar-refractivity contribution in [3.8, 4) is 0 Å². The number of rotatable bonds is 10. The number of likely N-dealkylation sites (N-methyl/N-ethyl adjacent to an activating group) is 1. The van der Waals surface area contributed by atoms with Gasteiger partial charge in [-0.3, -0.25) is 13.9 Å². The Morgan fingerprint density at radius 2 is 1.59 bits per heavy atom. The van der Waals surface area contributed by atoms with E-state index in [1.54, 1.807) is 18.2 Å². The first-order chi connectivity index (χ1) is 17.5. The molecule has 3 aromatic carbocycles. The zero-order valence-electron chi connectivity index (χ0n) is 20.2. The highest BCUT2D eigenvalue weighted by atomic mass is 35.5. The molecule has 0 aliphatic heterocycles. The molecule has 0 aliphatic carbocycles. The van der Waals surface area contributed by atoms with Gasteiger partial charge in [-0.2, -0.15) is 0 Å². The van der Waals surface area contributed by atoms with Gasteiger partial charge in [-0.25, -0.2) is 12.8 Å². The Morgan fingerprint density at radius 3 is 2.16 bits per heavy atom. The van der Waals surface area contributed by atoms with Gasteiger partial charge in [-0.1, -0.05) is 59.6 Å². The standard InChI is InChI=1S/C26H26Cl2FN3O4S/c1-30-26(34)24(15-18-6-4-3-5-7-18)31(16-19-8-13-22(27)23(28)14-19)25(33)17-32(37(2,35)36)21-11-9-20(29)10-12-21/h3-14,24H,15-17H2,1-2H3,(H,30,34). The molecule has 0 radical (unpaired) electrons. The minimum Gasteiger partial charge on any atom is -0.357 e. The van der Waals surface area contributed by atoms with E-state index in [0.717, 1.165) is 28.3 Å². The molecule has 0 fully saturated rings. The lowest BCUT2D eigenvalue weighted by Gasteiger charge is -2.33. The van der Waals surface area contributed by atoms with Crippen LogP contribution in [0, 0.1) is 5.82 Å². The van der Waals surface area contributed by atoms with Crippen molar-refractivity contribution in [2.45, 2.75) is 19.0 Å². The van der Waals surface area contributed by atoms with Crippen molar-refractivity contribution in [3.05, 3.63) is 99.8 Å². The number of nitrogens with one attached hydrogen (secondary N) is 1. The maximum absolute atomic E-state index is 13.8. The van der Waals surface area contributed by atoms with Crippen molar-refractivity contribution in [1.29, 1.82) is 0 Å². The molecule has 3 rings (SSSR count). The summed E-state index contributed by atoms with van der Waals surface area (Å²) in [6.07, 6.45) is 1.14. The van der Waals surface area contributed by atoms with Crippen LogP contribution in [0.2, 0.25) is 10.0 Å². The Morgan fingerprint density at radius 1 is 0.946 bits per heavy atom. The number of carbonyl (C=O) groups excluding carboxylic acids is 2. The fourth-order valence-corrected chi connectivity index (χ4v) is 4.95. The van der Waals surface area contributed by atoms with Crippen LogP contribution in [0.25, 0.3) is 0 Å². The molecule has 0 saturated carbocycles. The first kappa shape index (κ1) is 28.4. The first-order valence-electron chi connectivity index (χ1n) is 11.2. The number of benzene rings is 3. The van der Waals surface area contributed by atoms with Gasteiger partial charge in [0.1, 0.15) is 18.4 Å². The average Bonchev–Trinajstić information content (AvgIpc) is 2.86. The van der Waals surface area contributed by atoms with Crippen LogP contribution in [0.4, 0.5) is 10.1 Å². The van der Waals surface area contributed by atoms with Gasteiger partial charge >= 0.3 is 0 Å². The number of hydrogen-bond donors (Lipinski definition) is 1. The third-order valence-electron chi connectivity index (χ3n) is 5.65. The van der Waals surface area contributed by atoms with Gasteiger partial charge in [0, 0.05) is 20.0 Å². The van der Waals surface area contributed by atoms with Gasteiger partial charge in [0.25, 0.3) is 0 Å². The molecule has 1 atom stereocenters. The fourth-order valence-electron chi connectivity index (χ4n) is 3.78. The molecule has 2 amide bonds. The van der Waals surface area contributed by atoms with Crippen LogP contribution in [0.5, 0.6) is 0 Å². The van der Waals surface area contributed by atoms with E-state index in [9.17, 15) is 22.4 Å². The largest absolute Gasteiger partial charge is 0.357 e. The van der Waals surface area contributed by atoms with Crippen molar-refractivity contribution in [2.24, 2.45) is 0 Å². The first-order valence-corrected chi connectivity index (χ1v) is 13.8. The fraction of sp³-hybridized carbons (Fsp3) is 0.231. The molecular weight excluding hydrogens is 540 g/mol. The SMILES string of the molecule is CNC(=O)C(Cc1ccccc1)N(Cc1ccc(Cl)c(Cl)c1)C(=O)CN(c1ccc(F)cc1)S(C)(=O)=O. The van der Waals surface area contributed by atoms with E-state index in [-0.39, 0.29) is 23.7 Å². The molecule has 0 aliphatic rings. The van der Waals surface area contributed by atoms with Crippen LogP contribution in [0.3, 0.4) is 0 Å². The Bertz CT molecular complexity index is 1360. The molecule has 0 spiro atoms. The zero-order chi connectivity index (χ0) is 27.2. The quantitative estimate of drug-likeness (QED) is 0.397. The summed E-state index contributed by atoms with van der Waals surface area (Å²) >= 11 is 12.2. The monoisotopic (exact) mass is 565 g/mol. The van der Waals surface area contributed by atoms with Crippen LogP contribution in [0.15, 0.2) is 72.8 Å². The Labute approximate surface area is 225 Å². The number of carbonyl (C=O) groups is 2. The summed E-state index contributed by atoms with van der Waals surface area (Å²) < 4.78 is 39.6. The topological polar surface area (TPSA) is 86.8 Å². The van der Waals surface area contributed by atoms with Gasteiger partial charge in [0.05, 0.1) is 22.0 Å². The lowest BCUT2D eigenvalue weighted by atomic mass is 10.0.